The molecule has 2 aromatic rings. The van der Waals surface area contributed by atoms with Crippen molar-refractivity contribution in [3.05, 3.63) is 71.3 Å². The van der Waals surface area contributed by atoms with E-state index in [0.29, 0.717) is 12.0 Å². The molecule has 0 saturated carbocycles. The second-order valence-electron chi connectivity index (χ2n) is 6.92. The maximum Gasteiger partial charge on any atom is 0.251 e. The van der Waals surface area contributed by atoms with Crippen LogP contribution < -0.4 is 10.8 Å². The monoisotopic (exact) mass is 400 g/mol. The highest BCUT2D eigenvalue weighted by Crippen LogP contribution is 2.12. The smallest absolute Gasteiger partial charge is 0.251 e. The number of methoxy groups -OCH3 is 1. The lowest BCUT2D eigenvalue weighted by Gasteiger charge is -2.21. The number of hydrogen-bond donors (Lipinski definition) is 3. The molecule has 7 nitrogen and oxygen atoms in total. The van der Waals surface area contributed by atoms with Gasteiger partial charge < -0.3 is 14.8 Å². The maximum atomic E-state index is 12.6. The molecular formula is C22H28N2O5. The molecule has 7 heteroatoms. The van der Waals surface area contributed by atoms with Crippen LogP contribution in [0.3, 0.4) is 0 Å². The van der Waals surface area contributed by atoms with E-state index in [9.17, 15) is 9.59 Å². The SMILES string of the molecule is COCOCC(CC(C)C(=O)NO)NC(=O)c1ccc(Cc2ccccc2)cc1. The quantitative estimate of drug-likeness (QED) is 0.233. The lowest BCUT2D eigenvalue weighted by molar-refractivity contribution is -0.133. The zero-order chi connectivity index (χ0) is 21.1. The Hall–Kier alpha value is -2.74. The Kier molecular flexibility index (Phi) is 9.30. The topological polar surface area (TPSA) is 96.9 Å². The van der Waals surface area contributed by atoms with Crippen molar-refractivity contribution >= 4 is 11.8 Å². The number of rotatable bonds is 11. The van der Waals surface area contributed by atoms with Crippen molar-refractivity contribution in [2.75, 3.05) is 20.5 Å². The lowest BCUT2D eigenvalue weighted by Crippen LogP contribution is -2.41. The summed E-state index contributed by atoms with van der Waals surface area (Å²) >= 11 is 0. The van der Waals surface area contributed by atoms with Crippen LogP contribution in [0.5, 0.6) is 0 Å². The van der Waals surface area contributed by atoms with Crippen LogP contribution in [-0.2, 0) is 20.7 Å². The molecule has 2 rings (SSSR count). The van der Waals surface area contributed by atoms with Gasteiger partial charge >= 0.3 is 0 Å². The summed E-state index contributed by atoms with van der Waals surface area (Å²) in [5, 5.41) is 11.7. The maximum absolute atomic E-state index is 12.6. The first-order chi connectivity index (χ1) is 14.0. The standard InChI is InChI=1S/C22H28N2O5/c1-16(21(25)24-27)12-20(14-29-15-28-2)23-22(26)19-10-8-18(9-11-19)13-17-6-4-3-5-7-17/h3-11,16,20,27H,12-15H2,1-2H3,(H,23,26)(H,24,25). The number of benzene rings is 2. The first-order valence-electron chi connectivity index (χ1n) is 9.47. The predicted molar refractivity (Wildman–Crippen MR) is 108 cm³/mol. The Labute approximate surface area is 171 Å². The molecule has 0 aliphatic rings. The first kappa shape index (κ1) is 22.5. The van der Waals surface area contributed by atoms with Gasteiger partial charge in [-0.1, -0.05) is 49.4 Å². The second-order valence-corrected chi connectivity index (χ2v) is 6.92. The molecule has 0 saturated heterocycles. The van der Waals surface area contributed by atoms with Crippen molar-refractivity contribution in [1.82, 2.24) is 10.8 Å². The minimum absolute atomic E-state index is 0.0845. The highest BCUT2D eigenvalue weighted by Gasteiger charge is 2.21. The summed E-state index contributed by atoms with van der Waals surface area (Å²) in [6.45, 7) is 1.94. The van der Waals surface area contributed by atoms with Crippen molar-refractivity contribution in [3.63, 3.8) is 0 Å². The summed E-state index contributed by atoms with van der Waals surface area (Å²) < 4.78 is 10.2. The minimum Gasteiger partial charge on any atom is -0.359 e. The second kappa shape index (κ2) is 12.0. The van der Waals surface area contributed by atoms with Gasteiger partial charge in [0, 0.05) is 18.6 Å². The van der Waals surface area contributed by atoms with Crippen LogP contribution in [-0.4, -0.2) is 43.6 Å². The van der Waals surface area contributed by atoms with Gasteiger partial charge in [-0.25, -0.2) is 5.48 Å². The fourth-order valence-corrected chi connectivity index (χ4v) is 2.96. The fourth-order valence-electron chi connectivity index (χ4n) is 2.96. The van der Waals surface area contributed by atoms with Gasteiger partial charge in [0.25, 0.3) is 5.91 Å². The summed E-state index contributed by atoms with van der Waals surface area (Å²) in [4.78, 5) is 24.2. The van der Waals surface area contributed by atoms with Gasteiger partial charge in [-0.15, -0.1) is 0 Å². The van der Waals surface area contributed by atoms with Crippen molar-refractivity contribution in [3.8, 4) is 0 Å². The normalized spacial score (nSPS) is 12.8. The van der Waals surface area contributed by atoms with Crippen LogP contribution in [0.4, 0.5) is 0 Å². The molecule has 0 aliphatic heterocycles. The Morgan fingerprint density at radius 1 is 1.03 bits per heavy atom. The molecule has 2 amide bonds. The molecule has 156 valence electrons. The van der Waals surface area contributed by atoms with E-state index >= 15 is 0 Å². The molecule has 0 aliphatic carbocycles. The summed E-state index contributed by atoms with van der Waals surface area (Å²) in [5.41, 5.74) is 4.47. The molecule has 0 aromatic heterocycles. The largest absolute Gasteiger partial charge is 0.359 e. The van der Waals surface area contributed by atoms with Crippen molar-refractivity contribution in [2.45, 2.75) is 25.8 Å². The van der Waals surface area contributed by atoms with E-state index in [-0.39, 0.29) is 19.3 Å². The van der Waals surface area contributed by atoms with Crippen LogP contribution in [0, 0.1) is 5.92 Å². The Balaban J connectivity index is 1.98. The van der Waals surface area contributed by atoms with Gasteiger partial charge in [0.1, 0.15) is 6.79 Å². The van der Waals surface area contributed by atoms with Gasteiger partial charge in [-0.05, 0) is 36.1 Å². The average molecular weight is 400 g/mol. The number of amides is 2. The van der Waals surface area contributed by atoms with Gasteiger partial charge in [0.2, 0.25) is 5.91 Å². The highest BCUT2D eigenvalue weighted by molar-refractivity contribution is 5.94. The van der Waals surface area contributed by atoms with E-state index in [2.05, 4.69) is 17.4 Å². The summed E-state index contributed by atoms with van der Waals surface area (Å²) in [6.07, 6.45) is 1.11. The molecular weight excluding hydrogens is 372 g/mol. The number of nitrogens with one attached hydrogen (secondary N) is 2. The number of hydroxylamine groups is 1. The van der Waals surface area contributed by atoms with E-state index in [1.165, 1.54) is 12.7 Å². The molecule has 0 spiro atoms. The predicted octanol–water partition coefficient (Wildman–Crippen LogP) is 2.53. The van der Waals surface area contributed by atoms with Crippen LogP contribution in [0.1, 0.15) is 34.8 Å². The third kappa shape index (κ3) is 7.65. The summed E-state index contributed by atoms with van der Waals surface area (Å²) in [6, 6.07) is 17.1. The molecule has 0 bridgehead atoms. The van der Waals surface area contributed by atoms with E-state index < -0.39 is 17.9 Å². The number of ether oxygens (including phenoxy) is 2. The molecule has 0 fully saturated rings. The van der Waals surface area contributed by atoms with Crippen LogP contribution >= 0.6 is 0 Å². The molecule has 3 N–H and O–H groups in total. The molecule has 2 atom stereocenters. The van der Waals surface area contributed by atoms with Crippen molar-refractivity contribution < 1.29 is 24.3 Å². The van der Waals surface area contributed by atoms with Crippen LogP contribution in [0.15, 0.2) is 54.6 Å². The van der Waals surface area contributed by atoms with Crippen molar-refractivity contribution in [1.29, 1.82) is 0 Å². The zero-order valence-electron chi connectivity index (χ0n) is 16.8. The lowest BCUT2D eigenvalue weighted by atomic mass is 10.0. The van der Waals surface area contributed by atoms with Gasteiger partial charge in [-0.3, -0.25) is 14.8 Å². The third-order valence-corrected chi connectivity index (χ3v) is 4.52. The molecule has 0 radical (unpaired) electrons. The number of hydrogen-bond acceptors (Lipinski definition) is 5. The zero-order valence-corrected chi connectivity index (χ0v) is 16.8. The van der Waals surface area contributed by atoms with E-state index in [1.54, 1.807) is 24.5 Å². The molecule has 2 aromatic carbocycles. The van der Waals surface area contributed by atoms with Crippen LogP contribution in [0.2, 0.25) is 0 Å². The number of carbonyl (C=O) groups excluding carboxylic acids is 2. The fraction of sp³-hybridized carbons (Fsp3) is 0.364. The molecule has 29 heavy (non-hydrogen) atoms. The summed E-state index contributed by atoms with van der Waals surface area (Å²) in [5.74, 6) is -1.26. The van der Waals surface area contributed by atoms with Gasteiger partial charge in [0.05, 0.1) is 12.6 Å². The Morgan fingerprint density at radius 3 is 2.31 bits per heavy atom. The molecule has 0 heterocycles. The van der Waals surface area contributed by atoms with Gasteiger partial charge in [-0.2, -0.15) is 0 Å². The summed E-state index contributed by atoms with van der Waals surface area (Å²) in [7, 11) is 1.51. The average Bonchev–Trinajstić information content (AvgIpc) is 2.74. The molecule has 2 unspecified atom stereocenters. The Morgan fingerprint density at radius 2 is 1.69 bits per heavy atom. The third-order valence-electron chi connectivity index (χ3n) is 4.52. The van der Waals surface area contributed by atoms with Gasteiger partial charge in [0.15, 0.2) is 0 Å². The highest BCUT2D eigenvalue weighted by atomic mass is 16.7. The number of carbonyl (C=O) groups is 2. The Bertz CT molecular complexity index is 765. The van der Waals surface area contributed by atoms with Crippen molar-refractivity contribution in [2.24, 2.45) is 5.92 Å². The minimum atomic E-state index is -0.513. The first-order valence-corrected chi connectivity index (χ1v) is 9.47. The van der Waals surface area contributed by atoms with E-state index in [1.807, 2.05) is 30.3 Å². The van der Waals surface area contributed by atoms with E-state index in [4.69, 9.17) is 14.7 Å². The van der Waals surface area contributed by atoms with E-state index in [0.717, 1.165) is 12.0 Å². The van der Waals surface area contributed by atoms with Crippen LogP contribution in [0.25, 0.3) is 0 Å².